The predicted molar refractivity (Wildman–Crippen MR) is 97.1 cm³/mol. The minimum Gasteiger partial charge on any atom is -0.461 e. The van der Waals surface area contributed by atoms with E-state index in [1.807, 2.05) is 12.1 Å². The minimum absolute atomic E-state index is 0. The number of nitrogens with zero attached hydrogens (tertiary/aromatic N) is 3. The Labute approximate surface area is 147 Å². The summed E-state index contributed by atoms with van der Waals surface area (Å²) < 4.78 is 5.26. The number of hydrogen-bond acceptors (Lipinski definition) is 4. The molecule has 2 rings (SSSR count). The molecule has 0 bridgehead atoms. The summed E-state index contributed by atoms with van der Waals surface area (Å²) in [4.78, 5) is 8.56. The van der Waals surface area contributed by atoms with E-state index in [2.05, 4.69) is 51.6 Å². The van der Waals surface area contributed by atoms with E-state index in [0.29, 0.717) is 30.1 Å². The van der Waals surface area contributed by atoms with Crippen molar-refractivity contribution in [1.29, 1.82) is 0 Å². The van der Waals surface area contributed by atoms with Gasteiger partial charge in [0.25, 0.3) is 0 Å². The second-order valence-electron chi connectivity index (χ2n) is 5.19. The van der Waals surface area contributed by atoms with Crippen LogP contribution in [0.25, 0.3) is 11.6 Å². The van der Waals surface area contributed by atoms with Crippen molar-refractivity contribution in [2.24, 2.45) is 10.9 Å². The molecule has 0 amide bonds. The molecule has 0 fully saturated rings. The number of nitrogens with one attached hydrogen (secondary N) is 3. The van der Waals surface area contributed by atoms with Crippen molar-refractivity contribution in [3.05, 3.63) is 24.2 Å². The lowest BCUT2D eigenvalue weighted by Crippen LogP contribution is -2.44. The fraction of sp³-hybridized carbons (Fsp3) is 0.500. The molecule has 2 aromatic heterocycles. The molecule has 22 heavy (non-hydrogen) atoms. The molecule has 2 aromatic rings. The molecule has 3 N–H and O–H groups in total. The maximum absolute atomic E-state index is 5.26. The predicted octanol–water partition coefficient (Wildman–Crippen LogP) is 2.39. The Kier molecular flexibility index (Phi) is 7.36. The van der Waals surface area contributed by atoms with E-state index in [1.165, 1.54) is 0 Å². The number of rotatable bonds is 5. The summed E-state index contributed by atoms with van der Waals surface area (Å²) in [5.41, 5.74) is 0. The molecule has 0 saturated carbocycles. The summed E-state index contributed by atoms with van der Waals surface area (Å²) in [5.74, 6) is 3.19. The van der Waals surface area contributed by atoms with Crippen LogP contribution in [0.2, 0.25) is 0 Å². The third-order valence-electron chi connectivity index (χ3n) is 3.28. The van der Waals surface area contributed by atoms with Gasteiger partial charge in [-0.15, -0.1) is 29.1 Å². The lowest BCUT2D eigenvalue weighted by atomic mass is 10.1. The van der Waals surface area contributed by atoms with Gasteiger partial charge in [-0.1, -0.05) is 13.8 Å². The van der Waals surface area contributed by atoms with Gasteiger partial charge in [0.15, 0.2) is 11.7 Å². The Morgan fingerprint density at radius 3 is 2.77 bits per heavy atom. The van der Waals surface area contributed by atoms with Gasteiger partial charge in [-0.2, -0.15) is 0 Å². The van der Waals surface area contributed by atoms with Crippen molar-refractivity contribution < 1.29 is 4.42 Å². The zero-order chi connectivity index (χ0) is 15.2. The summed E-state index contributed by atoms with van der Waals surface area (Å²) in [6, 6.07) is 3.97. The Balaban J connectivity index is 0.00000242. The first-order valence-electron chi connectivity index (χ1n) is 7.02. The van der Waals surface area contributed by atoms with Crippen LogP contribution < -0.4 is 10.6 Å². The molecule has 7 nitrogen and oxygen atoms in total. The fourth-order valence-corrected chi connectivity index (χ4v) is 1.63. The number of hydrogen-bond donors (Lipinski definition) is 3. The van der Waals surface area contributed by atoms with E-state index < -0.39 is 0 Å². The molecule has 0 aliphatic heterocycles. The van der Waals surface area contributed by atoms with Gasteiger partial charge in [-0.25, -0.2) is 4.98 Å². The first-order chi connectivity index (χ1) is 10.1. The average molecular weight is 418 g/mol. The lowest BCUT2D eigenvalue weighted by Gasteiger charge is -2.20. The molecule has 2 heterocycles. The van der Waals surface area contributed by atoms with Crippen LogP contribution in [0, 0.1) is 5.92 Å². The fourth-order valence-electron chi connectivity index (χ4n) is 1.63. The van der Waals surface area contributed by atoms with Crippen molar-refractivity contribution in [3.8, 4) is 11.6 Å². The monoisotopic (exact) mass is 418 g/mol. The smallest absolute Gasteiger partial charge is 0.216 e. The largest absolute Gasteiger partial charge is 0.461 e. The van der Waals surface area contributed by atoms with E-state index in [4.69, 9.17) is 4.42 Å². The number of guanidine groups is 1. The zero-order valence-electron chi connectivity index (χ0n) is 13.3. The van der Waals surface area contributed by atoms with Crippen LogP contribution in [0.15, 0.2) is 27.8 Å². The van der Waals surface area contributed by atoms with Crippen molar-refractivity contribution in [1.82, 2.24) is 25.8 Å². The molecule has 0 aliphatic carbocycles. The Bertz CT molecular complexity index is 578. The summed E-state index contributed by atoms with van der Waals surface area (Å²) in [6.07, 6.45) is 1.60. The Hall–Kier alpha value is -1.58. The highest BCUT2D eigenvalue weighted by Gasteiger charge is 2.11. The van der Waals surface area contributed by atoms with Gasteiger partial charge in [0.2, 0.25) is 5.82 Å². The Morgan fingerprint density at radius 2 is 2.18 bits per heavy atom. The van der Waals surface area contributed by atoms with Crippen molar-refractivity contribution in [2.45, 2.75) is 33.4 Å². The molecule has 0 spiro atoms. The molecule has 8 heteroatoms. The SMILES string of the molecule is CN=C(NCc1nc(-c2ccco2)n[nH]1)NC(C)C(C)C.I. The Morgan fingerprint density at radius 1 is 1.41 bits per heavy atom. The van der Waals surface area contributed by atoms with E-state index in [9.17, 15) is 0 Å². The molecule has 0 radical (unpaired) electrons. The first kappa shape index (κ1) is 18.5. The van der Waals surface area contributed by atoms with Crippen LogP contribution in [0.3, 0.4) is 0 Å². The first-order valence-corrected chi connectivity index (χ1v) is 7.02. The number of H-pyrrole nitrogens is 1. The highest BCUT2D eigenvalue weighted by molar-refractivity contribution is 14.0. The molecule has 0 aromatic carbocycles. The van der Waals surface area contributed by atoms with Crippen molar-refractivity contribution >= 4 is 29.9 Å². The summed E-state index contributed by atoms with van der Waals surface area (Å²) in [5, 5.41) is 13.5. The van der Waals surface area contributed by atoms with Gasteiger partial charge in [0, 0.05) is 13.1 Å². The number of aliphatic imine (C=N–C) groups is 1. The molecule has 1 atom stereocenters. The minimum atomic E-state index is 0. The third kappa shape index (κ3) is 5.00. The highest BCUT2D eigenvalue weighted by atomic mass is 127. The maximum atomic E-state index is 5.26. The van der Waals surface area contributed by atoms with Gasteiger partial charge >= 0.3 is 0 Å². The quantitative estimate of drug-likeness (QED) is 0.394. The van der Waals surface area contributed by atoms with Crippen LogP contribution in [0.4, 0.5) is 0 Å². The van der Waals surface area contributed by atoms with E-state index in [0.717, 1.165) is 11.8 Å². The number of aromatic nitrogens is 3. The van der Waals surface area contributed by atoms with Gasteiger partial charge in [0.1, 0.15) is 5.82 Å². The molecule has 122 valence electrons. The van der Waals surface area contributed by atoms with Gasteiger partial charge in [0.05, 0.1) is 12.8 Å². The van der Waals surface area contributed by atoms with Crippen LogP contribution in [-0.2, 0) is 6.54 Å². The van der Waals surface area contributed by atoms with Gasteiger partial charge in [-0.05, 0) is 25.0 Å². The topological polar surface area (TPSA) is 91.1 Å². The van der Waals surface area contributed by atoms with Crippen LogP contribution in [0.1, 0.15) is 26.6 Å². The summed E-state index contributed by atoms with van der Waals surface area (Å²) >= 11 is 0. The normalized spacial score (nSPS) is 12.9. The maximum Gasteiger partial charge on any atom is 0.216 e. The number of furan rings is 1. The third-order valence-corrected chi connectivity index (χ3v) is 3.28. The zero-order valence-corrected chi connectivity index (χ0v) is 15.6. The summed E-state index contributed by atoms with van der Waals surface area (Å²) in [7, 11) is 1.75. The molecule has 0 saturated heterocycles. The van der Waals surface area contributed by atoms with Gasteiger partial charge < -0.3 is 15.1 Å². The van der Waals surface area contributed by atoms with E-state index in [1.54, 1.807) is 13.3 Å². The lowest BCUT2D eigenvalue weighted by molar-refractivity contribution is 0.480. The summed E-state index contributed by atoms with van der Waals surface area (Å²) in [6.45, 7) is 6.97. The number of halogens is 1. The van der Waals surface area contributed by atoms with Crippen molar-refractivity contribution in [2.75, 3.05) is 7.05 Å². The second-order valence-corrected chi connectivity index (χ2v) is 5.19. The number of aromatic amines is 1. The van der Waals surface area contributed by atoms with Gasteiger partial charge in [-0.3, -0.25) is 10.1 Å². The standard InChI is InChI=1S/C14H22N6O.HI/c1-9(2)10(3)17-14(15-4)16-8-12-18-13(20-19-12)11-6-5-7-21-11;/h5-7,9-10H,8H2,1-4H3,(H2,15,16,17)(H,18,19,20);1H. The van der Waals surface area contributed by atoms with Crippen molar-refractivity contribution in [3.63, 3.8) is 0 Å². The van der Waals surface area contributed by atoms with Crippen LogP contribution >= 0.6 is 24.0 Å². The van der Waals surface area contributed by atoms with Crippen LogP contribution in [0.5, 0.6) is 0 Å². The highest BCUT2D eigenvalue weighted by Crippen LogP contribution is 2.14. The molecular weight excluding hydrogens is 395 g/mol. The van der Waals surface area contributed by atoms with E-state index in [-0.39, 0.29) is 24.0 Å². The van der Waals surface area contributed by atoms with Crippen LogP contribution in [-0.4, -0.2) is 34.2 Å². The molecular formula is C14H23IN6O. The molecule has 0 aliphatic rings. The molecule has 1 unspecified atom stereocenters. The van der Waals surface area contributed by atoms with E-state index >= 15 is 0 Å². The average Bonchev–Trinajstić information content (AvgIpc) is 3.13. The second kappa shape index (κ2) is 8.76.